The molecule has 1 aromatic heterocycles. The smallest absolute Gasteiger partial charge is 0.156 e. The van der Waals surface area contributed by atoms with E-state index in [4.69, 9.17) is 21.1 Å². The topological polar surface area (TPSA) is 44.2 Å². The van der Waals surface area contributed by atoms with Gasteiger partial charge >= 0.3 is 0 Å². The van der Waals surface area contributed by atoms with Gasteiger partial charge in [0, 0.05) is 13.7 Å². The quantitative estimate of drug-likeness (QED) is 0.555. The Hall–Kier alpha value is -0.710. The number of hydrogen-bond donors (Lipinski definition) is 0. The highest BCUT2D eigenvalue weighted by molar-refractivity contribution is 6.29. The maximum absolute atomic E-state index is 5.84. The maximum Gasteiger partial charge on any atom is 0.156 e. The first-order chi connectivity index (χ1) is 7.26. The van der Waals surface area contributed by atoms with E-state index in [9.17, 15) is 0 Å². The number of aromatic nitrogens is 2. The minimum Gasteiger partial charge on any atom is -0.378 e. The predicted octanol–water partition coefficient (Wildman–Crippen LogP) is 2.20. The van der Waals surface area contributed by atoms with Crippen LogP contribution in [0.4, 0.5) is 0 Å². The average Bonchev–Trinajstić information content (AvgIpc) is 2.18. The second-order valence-electron chi connectivity index (χ2n) is 3.08. The van der Waals surface area contributed by atoms with E-state index in [2.05, 4.69) is 16.9 Å². The molecule has 0 atom stereocenters. The lowest BCUT2D eigenvalue weighted by Gasteiger charge is -2.04. The summed E-state index contributed by atoms with van der Waals surface area (Å²) >= 11 is 5.84. The average molecular weight is 231 g/mol. The molecule has 1 aromatic rings. The van der Waals surface area contributed by atoms with E-state index in [0.29, 0.717) is 30.8 Å². The van der Waals surface area contributed by atoms with E-state index >= 15 is 0 Å². The fourth-order valence-corrected chi connectivity index (χ4v) is 1.33. The molecule has 5 heteroatoms. The summed E-state index contributed by atoms with van der Waals surface area (Å²) in [7, 11) is 1.61. The molecule has 1 heterocycles. The molecule has 0 aliphatic rings. The van der Waals surface area contributed by atoms with Crippen LogP contribution >= 0.6 is 11.6 Å². The van der Waals surface area contributed by atoms with Crippen LogP contribution < -0.4 is 0 Å². The lowest BCUT2D eigenvalue weighted by Crippen LogP contribution is -2.03. The first-order valence-corrected chi connectivity index (χ1v) is 5.23. The molecule has 15 heavy (non-hydrogen) atoms. The highest BCUT2D eigenvalue weighted by Crippen LogP contribution is 2.08. The summed E-state index contributed by atoms with van der Waals surface area (Å²) in [5.74, 6) is 0.600. The van der Waals surface area contributed by atoms with Crippen molar-refractivity contribution in [3.8, 4) is 0 Å². The standard InChI is InChI=1S/C10H15ClN2O2/c1-3-4-15-7-10-12-8(6-14-2)5-9(11)13-10/h5H,3-4,6-7H2,1-2H3. The van der Waals surface area contributed by atoms with Crippen molar-refractivity contribution >= 4 is 11.6 Å². The summed E-state index contributed by atoms with van der Waals surface area (Å²) in [5, 5.41) is 0.423. The van der Waals surface area contributed by atoms with Gasteiger partial charge in [-0.25, -0.2) is 9.97 Å². The van der Waals surface area contributed by atoms with Gasteiger partial charge in [-0.15, -0.1) is 0 Å². The molecular weight excluding hydrogens is 216 g/mol. The lowest BCUT2D eigenvalue weighted by molar-refractivity contribution is 0.115. The summed E-state index contributed by atoms with van der Waals surface area (Å²) in [6, 6.07) is 1.69. The summed E-state index contributed by atoms with van der Waals surface area (Å²) in [5.41, 5.74) is 0.771. The van der Waals surface area contributed by atoms with Crippen LogP contribution in [0.5, 0.6) is 0 Å². The van der Waals surface area contributed by atoms with Crippen molar-refractivity contribution in [2.75, 3.05) is 13.7 Å². The van der Waals surface area contributed by atoms with E-state index in [0.717, 1.165) is 12.1 Å². The van der Waals surface area contributed by atoms with Crippen LogP contribution in [0.15, 0.2) is 6.07 Å². The molecular formula is C10H15ClN2O2. The predicted molar refractivity (Wildman–Crippen MR) is 57.7 cm³/mol. The highest BCUT2D eigenvalue weighted by atomic mass is 35.5. The van der Waals surface area contributed by atoms with E-state index in [1.807, 2.05) is 0 Å². The van der Waals surface area contributed by atoms with Gasteiger partial charge in [0.05, 0.1) is 12.3 Å². The minimum absolute atomic E-state index is 0.394. The number of methoxy groups -OCH3 is 1. The van der Waals surface area contributed by atoms with Gasteiger partial charge in [0.25, 0.3) is 0 Å². The van der Waals surface area contributed by atoms with E-state index < -0.39 is 0 Å². The summed E-state index contributed by atoms with van der Waals surface area (Å²) in [6.07, 6.45) is 0.978. The third-order valence-electron chi connectivity index (χ3n) is 1.67. The van der Waals surface area contributed by atoms with Gasteiger partial charge < -0.3 is 9.47 Å². The number of hydrogen-bond acceptors (Lipinski definition) is 4. The highest BCUT2D eigenvalue weighted by Gasteiger charge is 2.03. The fraction of sp³-hybridized carbons (Fsp3) is 0.600. The van der Waals surface area contributed by atoms with Crippen molar-refractivity contribution in [1.29, 1.82) is 0 Å². The van der Waals surface area contributed by atoms with Gasteiger partial charge in [0.15, 0.2) is 5.82 Å². The molecule has 0 unspecified atom stereocenters. The molecule has 0 amide bonds. The summed E-state index contributed by atoms with van der Waals surface area (Å²) in [6.45, 7) is 3.58. The second kappa shape index (κ2) is 6.71. The van der Waals surface area contributed by atoms with Gasteiger partial charge in [-0.1, -0.05) is 18.5 Å². The minimum atomic E-state index is 0.394. The van der Waals surface area contributed by atoms with Crippen LogP contribution in [0.2, 0.25) is 5.15 Å². The van der Waals surface area contributed by atoms with Crippen LogP contribution in [0.1, 0.15) is 24.9 Å². The summed E-state index contributed by atoms with van der Waals surface area (Å²) in [4.78, 5) is 8.31. The Morgan fingerprint density at radius 2 is 2.13 bits per heavy atom. The van der Waals surface area contributed by atoms with Crippen LogP contribution in [0, 0.1) is 0 Å². The molecule has 0 N–H and O–H groups in total. The molecule has 0 aliphatic heterocycles. The largest absolute Gasteiger partial charge is 0.378 e. The van der Waals surface area contributed by atoms with Crippen molar-refractivity contribution in [2.24, 2.45) is 0 Å². The maximum atomic E-state index is 5.84. The van der Waals surface area contributed by atoms with Gasteiger partial charge in [-0.05, 0) is 12.5 Å². The molecule has 0 spiro atoms. The van der Waals surface area contributed by atoms with Crippen LogP contribution in [0.25, 0.3) is 0 Å². The zero-order valence-electron chi connectivity index (χ0n) is 8.99. The lowest BCUT2D eigenvalue weighted by atomic mass is 10.4. The first-order valence-electron chi connectivity index (χ1n) is 4.85. The zero-order chi connectivity index (χ0) is 11.1. The number of nitrogens with zero attached hydrogens (tertiary/aromatic N) is 2. The van der Waals surface area contributed by atoms with Crippen molar-refractivity contribution in [3.05, 3.63) is 22.7 Å². The van der Waals surface area contributed by atoms with Crippen molar-refractivity contribution < 1.29 is 9.47 Å². The van der Waals surface area contributed by atoms with E-state index in [1.54, 1.807) is 13.2 Å². The number of rotatable bonds is 6. The van der Waals surface area contributed by atoms with Crippen LogP contribution in [-0.4, -0.2) is 23.7 Å². The van der Waals surface area contributed by atoms with Gasteiger partial charge in [-0.2, -0.15) is 0 Å². The Bertz CT molecular complexity index is 307. The van der Waals surface area contributed by atoms with Gasteiger partial charge in [0.2, 0.25) is 0 Å². The Morgan fingerprint density at radius 3 is 2.80 bits per heavy atom. The van der Waals surface area contributed by atoms with Crippen LogP contribution in [0.3, 0.4) is 0 Å². The van der Waals surface area contributed by atoms with Crippen molar-refractivity contribution in [2.45, 2.75) is 26.6 Å². The molecule has 0 aromatic carbocycles. The number of halogens is 1. The fourth-order valence-electron chi connectivity index (χ4n) is 1.11. The first kappa shape index (κ1) is 12.4. The normalized spacial score (nSPS) is 10.6. The molecule has 0 aliphatic carbocycles. The Kier molecular flexibility index (Phi) is 5.53. The molecule has 0 radical (unpaired) electrons. The number of ether oxygens (including phenoxy) is 2. The Balaban J connectivity index is 2.62. The molecule has 0 saturated carbocycles. The zero-order valence-corrected chi connectivity index (χ0v) is 9.75. The third-order valence-corrected chi connectivity index (χ3v) is 1.86. The Morgan fingerprint density at radius 1 is 1.33 bits per heavy atom. The van der Waals surface area contributed by atoms with Crippen molar-refractivity contribution in [1.82, 2.24) is 9.97 Å². The third kappa shape index (κ3) is 4.55. The molecule has 0 saturated heterocycles. The van der Waals surface area contributed by atoms with Crippen LogP contribution in [-0.2, 0) is 22.7 Å². The molecule has 0 bridgehead atoms. The monoisotopic (exact) mass is 230 g/mol. The van der Waals surface area contributed by atoms with Gasteiger partial charge in [0.1, 0.15) is 11.8 Å². The van der Waals surface area contributed by atoms with E-state index in [-0.39, 0.29) is 0 Å². The molecule has 4 nitrogen and oxygen atoms in total. The van der Waals surface area contributed by atoms with Crippen molar-refractivity contribution in [3.63, 3.8) is 0 Å². The summed E-state index contributed by atoms with van der Waals surface area (Å²) < 4.78 is 10.3. The Labute approximate surface area is 94.6 Å². The molecule has 84 valence electrons. The molecule has 1 rings (SSSR count). The van der Waals surface area contributed by atoms with E-state index in [1.165, 1.54) is 0 Å². The second-order valence-corrected chi connectivity index (χ2v) is 3.47. The SMILES string of the molecule is CCCOCc1nc(Cl)cc(COC)n1. The van der Waals surface area contributed by atoms with Gasteiger partial charge in [-0.3, -0.25) is 0 Å². The molecule has 0 fully saturated rings.